The average Bonchev–Trinajstić information content (AvgIpc) is 2.04. The van der Waals surface area contributed by atoms with E-state index in [4.69, 9.17) is 0 Å². The molecule has 0 saturated carbocycles. The summed E-state index contributed by atoms with van der Waals surface area (Å²) in [6, 6.07) is 0. The van der Waals surface area contributed by atoms with E-state index in [-0.39, 0.29) is 5.91 Å². The van der Waals surface area contributed by atoms with Gasteiger partial charge in [0.1, 0.15) is 0 Å². The summed E-state index contributed by atoms with van der Waals surface area (Å²) in [7, 11) is 0. The zero-order valence-corrected chi connectivity index (χ0v) is 8.12. The van der Waals surface area contributed by atoms with E-state index in [0.717, 1.165) is 0 Å². The van der Waals surface area contributed by atoms with E-state index in [1.54, 1.807) is 11.0 Å². The van der Waals surface area contributed by atoms with Gasteiger partial charge in [-0.05, 0) is 19.8 Å². The van der Waals surface area contributed by atoms with Crippen LogP contribution in [0.3, 0.4) is 0 Å². The summed E-state index contributed by atoms with van der Waals surface area (Å²) in [6.45, 7) is 6.68. The Hall–Kier alpha value is -0.830. The summed E-state index contributed by atoms with van der Waals surface area (Å²) in [5.41, 5.74) is -0.578. The Labute approximate surface area is 79.0 Å². The van der Waals surface area contributed by atoms with Crippen LogP contribution < -0.4 is 0 Å². The van der Waals surface area contributed by atoms with Crippen molar-refractivity contribution in [2.75, 3.05) is 13.1 Å². The van der Waals surface area contributed by atoms with Crippen LogP contribution in [-0.2, 0) is 4.79 Å². The number of hydrogen-bond donors (Lipinski definition) is 1. The Morgan fingerprint density at radius 3 is 2.62 bits per heavy atom. The number of carbonyl (C=O) groups excluding carboxylic acids is 1. The molecule has 1 heterocycles. The maximum atomic E-state index is 11.4. The molecule has 0 aromatic carbocycles. The third-order valence-electron chi connectivity index (χ3n) is 2.51. The molecule has 74 valence electrons. The highest BCUT2D eigenvalue weighted by atomic mass is 16.3. The molecule has 0 aliphatic carbocycles. The van der Waals surface area contributed by atoms with E-state index >= 15 is 0 Å². The van der Waals surface area contributed by atoms with Crippen LogP contribution in [0.15, 0.2) is 12.7 Å². The van der Waals surface area contributed by atoms with Crippen molar-refractivity contribution in [3.63, 3.8) is 0 Å². The molecule has 0 atom stereocenters. The van der Waals surface area contributed by atoms with Crippen molar-refractivity contribution in [3.05, 3.63) is 12.7 Å². The van der Waals surface area contributed by atoms with Crippen LogP contribution in [0.2, 0.25) is 0 Å². The second-order valence-corrected chi connectivity index (χ2v) is 3.87. The standard InChI is InChI=1S/C10H17NO2/c1-3-4-9(12)11-7-5-10(2,13)6-8-11/h3,13H,1,4-8H2,2H3. The first-order chi connectivity index (χ1) is 6.05. The van der Waals surface area contributed by atoms with Crippen LogP contribution in [-0.4, -0.2) is 34.6 Å². The number of carbonyl (C=O) groups is 1. The minimum Gasteiger partial charge on any atom is -0.390 e. The number of piperidine rings is 1. The van der Waals surface area contributed by atoms with Crippen LogP contribution in [0.1, 0.15) is 26.2 Å². The number of hydrogen-bond acceptors (Lipinski definition) is 2. The zero-order chi connectivity index (χ0) is 9.90. The highest BCUT2D eigenvalue weighted by Crippen LogP contribution is 2.21. The third kappa shape index (κ3) is 2.84. The van der Waals surface area contributed by atoms with Crippen LogP contribution in [0, 0.1) is 0 Å². The molecule has 1 aliphatic rings. The summed E-state index contributed by atoms with van der Waals surface area (Å²) in [6.07, 6.45) is 3.38. The lowest BCUT2D eigenvalue weighted by Gasteiger charge is -2.35. The highest BCUT2D eigenvalue weighted by Gasteiger charge is 2.28. The Balaban J connectivity index is 2.40. The summed E-state index contributed by atoms with van der Waals surface area (Å²) >= 11 is 0. The fourth-order valence-corrected chi connectivity index (χ4v) is 1.49. The molecule has 1 fully saturated rings. The average molecular weight is 183 g/mol. The highest BCUT2D eigenvalue weighted by molar-refractivity contribution is 5.77. The number of rotatable bonds is 2. The van der Waals surface area contributed by atoms with Gasteiger partial charge in [-0.3, -0.25) is 4.79 Å². The van der Waals surface area contributed by atoms with Crippen molar-refractivity contribution in [1.82, 2.24) is 4.90 Å². The topological polar surface area (TPSA) is 40.5 Å². The normalized spacial score (nSPS) is 21.2. The summed E-state index contributed by atoms with van der Waals surface area (Å²) in [4.78, 5) is 13.2. The van der Waals surface area contributed by atoms with Gasteiger partial charge in [-0.25, -0.2) is 0 Å². The van der Waals surface area contributed by atoms with Crippen molar-refractivity contribution < 1.29 is 9.90 Å². The molecule has 1 N–H and O–H groups in total. The van der Waals surface area contributed by atoms with E-state index in [1.807, 2.05) is 6.92 Å². The molecule has 1 rings (SSSR count). The molecule has 0 aromatic heterocycles. The van der Waals surface area contributed by atoms with Gasteiger partial charge in [0.15, 0.2) is 0 Å². The third-order valence-corrected chi connectivity index (χ3v) is 2.51. The minimum absolute atomic E-state index is 0.116. The second kappa shape index (κ2) is 3.92. The summed E-state index contributed by atoms with van der Waals surface area (Å²) in [5.74, 6) is 0.116. The van der Waals surface area contributed by atoms with Gasteiger partial charge < -0.3 is 10.0 Å². The van der Waals surface area contributed by atoms with Crippen LogP contribution >= 0.6 is 0 Å². The molecule has 1 aliphatic heterocycles. The van der Waals surface area contributed by atoms with Gasteiger partial charge in [-0.2, -0.15) is 0 Å². The lowest BCUT2D eigenvalue weighted by Crippen LogP contribution is -2.44. The van der Waals surface area contributed by atoms with Crippen molar-refractivity contribution in [2.45, 2.75) is 31.8 Å². The fourth-order valence-electron chi connectivity index (χ4n) is 1.49. The lowest BCUT2D eigenvalue weighted by molar-refractivity contribution is -0.133. The molecule has 0 bridgehead atoms. The predicted molar refractivity (Wildman–Crippen MR) is 51.3 cm³/mol. The monoisotopic (exact) mass is 183 g/mol. The van der Waals surface area contributed by atoms with E-state index in [2.05, 4.69) is 6.58 Å². The van der Waals surface area contributed by atoms with E-state index in [1.165, 1.54) is 0 Å². The number of amides is 1. The molecule has 0 radical (unpaired) electrons. The molecule has 3 heteroatoms. The van der Waals surface area contributed by atoms with E-state index in [0.29, 0.717) is 32.4 Å². The van der Waals surface area contributed by atoms with Gasteiger partial charge in [0, 0.05) is 19.5 Å². The fraction of sp³-hybridized carbons (Fsp3) is 0.700. The first-order valence-corrected chi connectivity index (χ1v) is 4.66. The van der Waals surface area contributed by atoms with Crippen LogP contribution in [0.4, 0.5) is 0 Å². The number of likely N-dealkylation sites (tertiary alicyclic amines) is 1. The molecule has 13 heavy (non-hydrogen) atoms. The maximum absolute atomic E-state index is 11.4. The molecular weight excluding hydrogens is 166 g/mol. The van der Waals surface area contributed by atoms with Gasteiger partial charge in [-0.15, -0.1) is 6.58 Å². The predicted octanol–water partition coefficient (Wildman–Crippen LogP) is 0.936. The Morgan fingerprint density at radius 2 is 2.15 bits per heavy atom. The molecular formula is C10H17NO2. The van der Waals surface area contributed by atoms with Crippen molar-refractivity contribution in [1.29, 1.82) is 0 Å². The Morgan fingerprint density at radius 1 is 1.62 bits per heavy atom. The Bertz CT molecular complexity index is 201. The quantitative estimate of drug-likeness (QED) is 0.647. The van der Waals surface area contributed by atoms with Gasteiger partial charge in [-0.1, -0.05) is 6.08 Å². The smallest absolute Gasteiger partial charge is 0.226 e. The number of aliphatic hydroxyl groups is 1. The first kappa shape index (κ1) is 10.3. The van der Waals surface area contributed by atoms with Gasteiger partial charge >= 0.3 is 0 Å². The van der Waals surface area contributed by atoms with Crippen LogP contribution in [0.5, 0.6) is 0 Å². The van der Waals surface area contributed by atoms with Crippen molar-refractivity contribution in [3.8, 4) is 0 Å². The lowest BCUT2D eigenvalue weighted by atomic mass is 9.94. The number of nitrogens with zero attached hydrogens (tertiary/aromatic N) is 1. The molecule has 1 amide bonds. The first-order valence-electron chi connectivity index (χ1n) is 4.66. The zero-order valence-electron chi connectivity index (χ0n) is 8.12. The summed E-state index contributed by atoms with van der Waals surface area (Å²) < 4.78 is 0. The largest absolute Gasteiger partial charge is 0.390 e. The molecule has 1 saturated heterocycles. The van der Waals surface area contributed by atoms with Gasteiger partial charge in [0.2, 0.25) is 5.91 Å². The molecule has 3 nitrogen and oxygen atoms in total. The van der Waals surface area contributed by atoms with Gasteiger partial charge in [0.25, 0.3) is 0 Å². The molecule has 0 aromatic rings. The Kier molecular flexibility index (Phi) is 3.09. The minimum atomic E-state index is -0.578. The summed E-state index contributed by atoms with van der Waals surface area (Å²) in [5, 5.41) is 9.65. The van der Waals surface area contributed by atoms with E-state index in [9.17, 15) is 9.90 Å². The maximum Gasteiger partial charge on any atom is 0.226 e. The van der Waals surface area contributed by atoms with E-state index < -0.39 is 5.60 Å². The van der Waals surface area contributed by atoms with Crippen molar-refractivity contribution >= 4 is 5.91 Å². The molecule has 0 spiro atoms. The second-order valence-electron chi connectivity index (χ2n) is 3.87. The van der Waals surface area contributed by atoms with Crippen LogP contribution in [0.25, 0.3) is 0 Å². The van der Waals surface area contributed by atoms with Gasteiger partial charge in [0.05, 0.1) is 5.60 Å². The SMILES string of the molecule is C=CCC(=O)N1CCC(C)(O)CC1. The van der Waals surface area contributed by atoms with Crippen molar-refractivity contribution in [2.24, 2.45) is 0 Å². The molecule has 0 unspecified atom stereocenters.